The maximum Gasteiger partial charge on any atom is 0.364 e. The first-order valence-electron chi connectivity index (χ1n) is 43.2. The number of aliphatic carboxylic acids is 2. The van der Waals surface area contributed by atoms with Gasteiger partial charge in [-0.05, 0) is 0 Å². The second-order valence-electron chi connectivity index (χ2n) is 34.6. The number of hydrogen-bond acceptors (Lipinski definition) is 54. The molecule has 10 fully saturated rings. The number of carboxylic acids is 2. The van der Waals surface area contributed by atoms with Crippen molar-refractivity contribution in [2.45, 2.75) is 359 Å². The fourth-order valence-corrected chi connectivity index (χ4v) is 17.8. The van der Waals surface area contributed by atoms with Crippen LogP contribution in [0.4, 0.5) is 0 Å². The van der Waals surface area contributed by atoms with Gasteiger partial charge in [0.15, 0.2) is 50.3 Å². The van der Waals surface area contributed by atoms with Crippen LogP contribution >= 0.6 is 0 Å². The lowest BCUT2D eigenvalue weighted by atomic mass is 9.79. The Kier molecular flexibility index (Phi) is 40.1. The molecule has 0 saturated carbocycles. The van der Waals surface area contributed by atoms with Crippen LogP contribution in [0.5, 0.6) is 0 Å². The maximum atomic E-state index is 13.2. The van der Waals surface area contributed by atoms with E-state index in [0.717, 1.165) is 34.6 Å². The summed E-state index contributed by atoms with van der Waals surface area (Å²) >= 11 is 0. The molecule has 10 aliphatic heterocycles. The quantitative estimate of drug-likeness (QED) is 0.0272. The molecule has 0 radical (unpaired) electrons. The summed E-state index contributed by atoms with van der Waals surface area (Å²) in [5.74, 6) is -15.0. The summed E-state index contributed by atoms with van der Waals surface area (Å²) in [7, 11) is 0. The van der Waals surface area contributed by atoms with Crippen LogP contribution in [0.1, 0.15) is 53.9 Å². The van der Waals surface area contributed by atoms with E-state index in [-0.39, 0.29) is 0 Å². The smallest absolute Gasteiger partial charge is 0.364 e. The van der Waals surface area contributed by atoms with Gasteiger partial charge in [0.2, 0.25) is 29.5 Å². The first-order chi connectivity index (χ1) is 64.5. The highest BCUT2D eigenvalue weighted by atomic mass is 16.8. The molecule has 0 aromatic rings. The fraction of sp³-hybridized carbons (Fsp3) is 0.908. The number of aliphatic hydroxyl groups is 28. The lowest BCUT2D eigenvalue weighted by Gasteiger charge is -2.53. The first-order valence-corrected chi connectivity index (χ1v) is 43.2. The number of carboxylic acid groups (broad SMARTS) is 2. The van der Waals surface area contributed by atoms with E-state index in [2.05, 4.69) is 26.6 Å². The van der Waals surface area contributed by atoms with E-state index in [9.17, 15) is 187 Å². The molecule has 5 amide bonds. The minimum Gasteiger partial charge on any atom is -0.477 e. The zero-order valence-corrected chi connectivity index (χ0v) is 73.6. The van der Waals surface area contributed by atoms with Crippen molar-refractivity contribution in [3.05, 3.63) is 0 Å². The number of aliphatic hydroxyl groups excluding tert-OH is 28. The molecule has 0 aromatic carbocycles. The van der Waals surface area contributed by atoms with Gasteiger partial charge in [-0.2, -0.15) is 0 Å². The second kappa shape index (κ2) is 48.4. The Hall–Kier alpha value is -5.59. The fourth-order valence-electron chi connectivity index (χ4n) is 17.8. The van der Waals surface area contributed by atoms with Crippen molar-refractivity contribution in [3.8, 4) is 0 Å². The van der Waals surface area contributed by atoms with E-state index >= 15 is 0 Å². The highest BCUT2D eigenvalue weighted by Gasteiger charge is 2.66. The van der Waals surface area contributed by atoms with Crippen LogP contribution in [0.3, 0.4) is 0 Å². The second-order valence-corrected chi connectivity index (χ2v) is 34.6. The van der Waals surface area contributed by atoms with Crippen LogP contribution in [0.15, 0.2) is 0 Å². The minimum absolute atomic E-state index is 0.733. The Bertz CT molecular complexity index is 3910. The molecule has 10 aliphatic rings. The van der Waals surface area contributed by atoms with Gasteiger partial charge < -0.3 is 270 Å². The van der Waals surface area contributed by atoms with Gasteiger partial charge in [-0.1, -0.05) is 0 Å². The third-order valence-corrected chi connectivity index (χ3v) is 24.9. The van der Waals surface area contributed by atoms with E-state index in [1.54, 1.807) is 0 Å². The molecule has 0 spiro atoms. The maximum absolute atomic E-state index is 13.2. The molecule has 35 N–H and O–H groups in total. The first kappa shape index (κ1) is 113. The van der Waals surface area contributed by atoms with Gasteiger partial charge in [-0.3, -0.25) is 24.0 Å². The van der Waals surface area contributed by atoms with Gasteiger partial charge in [0, 0.05) is 53.9 Å². The van der Waals surface area contributed by atoms with Crippen molar-refractivity contribution >= 4 is 41.5 Å². The van der Waals surface area contributed by atoms with E-state index in [1.165, 1.54) is 0 Å². The highest BCUT2D eigenvalue weighted by Crippen LogP contribution is 2.44. The summed E-state index contributed by atoms with van der Waals surface area (Å²) in [5, 5.41) is 347. The summed E-state index contributed by atoms with van der Waals surface area (Å²) < 4.78 is 112. The number of amides is 5. The predicted molar refractivity (Wildman–Crippen MR) is 421 cm³/mol. The largest absolute Gasteiger partial charge is 0.477 e. The monoisotopic (exact) mass is 2000 g/mol. The summed E-state index contributed by atoms with van der Waals surface area (Å²) in [6.45, 7) is -8.84. The van der Waals surface area contributed by atoms with E-state index in [4.69, 9.17) is 90.0 Å². The molecule has 61 nitrogen and oxygen atoms in total. The number of ether oxygens (including phenoxy) is 19. The molecule has 0 bridgehead atoms. The summed E-state index contributed by atoms with van der Waals surface area (Å²) in [5.41, 5.74) is -2.72. The van der Waals surface area contributed by atoms with E-state index in [1.807, 2.05) is 0 Å². The average molecular weight is 2000 g/mol. The van der Waals surface area contributed by atoms with E-state index in [0.29, 0.717) is 0 Å². The van der Waals surface area contributed by atoms with Crippen LogP contribution in [0.25, 0.3) is 0 Å². The molecule has 17 unspecified atom stereocenters. The van der Waals surface area contributed by atoms with Gasteiger partial charge >= 0.3 is 11.9 Å². The topological polar surface area (TPSA) is 962 Å². The third-order valence-electron chi connectivity index (χ3n) is 24.9. The molecule has 10 heterocycles. The van der Waals surface area contributed by atoms with E-state index < -0.39 is 439 Å². The zero-order chi connectivity index (χ0) is 102. The van der Waals surface area contributed by atoms with Crippen LogP contribution in [-0.4, -0.2) is 573 Å². The molecule has 50 atom stereocenters. The number of rotatable bonds is 39. The molecule has 790 valence electrons. The number of carbonyl (C=O) groups is 7. The van der Waals surface area contributed by atoms with Crippen molar-refractivity contribution in [3.63, 3.8) is 0 Å². The summed E-state index contributed by atoms with van der Waals surface area (Å²) in [4.78, 5) is 89.2. The van der Waals surface area contributed by atoms with Gasteiger partial charge in [-0.15, -0.1) is 0 Å². The molecule has 10 saturated heterocycles. The predicted octanol–water partition coefficient (Wildman–Crippen LogP) is -22.6. The molecular weight excluding hydrogens is 1880 g/mol. The summed E-state index contributed by atoms with van der Waals surface area (Å²) in [6.07, 6.45) is -95.2. The van der Waals surface area contributed by atoms with Crippen molar-refractivity contribution in [1.29, 1.82) is 0 Å². The third kappa shape index (κ3) is 25.0. The average Bonchev–Trinajstić information content (AvgIpc) is 0.733. The standard InChI is InChI=1S/C76H125N5O56/c1-20(90)77-39-26(96)7-75(72(115)116,136-60(39)44(101)28(98)9-82)120-18-36-47(104)52(109)55(112)68(129-36)131-59-33(14-87)127-67(42(51(59)108)80-23(4)93)135-63-54(111)46(103)30(11-84)125-71(63)133-61-48(105)34(128-69(56(61)113)132-58-31(12-85)123-65(114)40(49(58)106)78-21(2)91)16-119-70-62(53(110)45(102)29(10-83)124-70)134-66-41(79-22(3)92)50(107)57(32(13-86)126-66)130-38-6-25(95)43(100)35(122-38)17-121-76(73(117)118)8-27(97)64(81-24(5)94)74(19-89,137-76)37(99)15-88/h25-71,82-89,95-114H,6-19H2,1-5H3,(H,77,90)(H,78,91)(H,79,92)(H,80,93)(H,81,94)(H,115,116)(H,117,118)/t25-,26-,27-,28-,29?,30+,31?,32?,33?,34?,35?,36?,37-,38+,39-,40?,41?,42?,43-,44-,45-,46-,47+,48-,49-,50-,51-,52+,53+,54?,55?,56?,57-,58-,59-,60?,61+,62?,63?,64-,65-,66+,67+,68+,69+,70+,71-,74?,75-,76-/m1/s1. The molecule has 137 heavy (non-hydrogen) atoms. The Labute approximate surface area is 774 Å². The Morgan fingerprint density at radius 1 is 0.350 bits per heavy atom. The molecular formula is C76H125N5O56. The van der Waals surface area contributed by atoms with Crippen molar-refractivity contribution in [1.82, 2.24) is 26.6 Å². The van der Waals surface area contributed by atoms with Gasteiger partial charge in [-0.25, -0.2) is 9.59 Å². The summed E-state index contributed by atoms with van der Waals surface area (Å²) in [6, 6.07) is -9.42. The Morgan fingerprint density at radius 3 is 1.23 bits per heavy atom. The molecule has 61 heteroatoms. The zero-order valence-electron chi connectivity index (χ0n) is 73.6. The lowest BCUT2D eigenvalue weighted by molar-refractivity contribution is -0.398. The van der Waals surface area contributed by atoms with Crippen LogP contribution in [0, 0.1) is 0 Å². The Balaban J connectivity index is 0.905. The number of nitrogens with one attached hydrogen (secondary N) is 5. The van der Waals surface area contributed by atoms with Gasteiger partial charge in [0.25, 0.3) is 11.6 Å². The number of carbonyl (C=O) groups excluding carboxylic acids is 5. The van der Waals surface area contributed by atoms with Crippen molar-refractivity contribution in [2.75, 3.05) is 72.7 Å². The number of hydrogen-bond donors (Lipinski definition) is 35. The molecule has 0 aliphatic carbocycles. The van der Waals surface area contributed by atoms with Crippen LogP contribution in [-0.2, 0) is 124 Å². The Morgan fingerprint density at radius 2 is 0.752 bits per heavy atom. The molecule has 0 aromatic heterocycles. The van der Waals surface area contributed by atoms with Crippen molar-refractivity contribution < 1.29 is 277 Å². The highest BCUT2D eigenvalue weighted by molar-refractivity contribution is 5.78. The SMILES string of the molecule is CC(=O)NC1[C@H](OC2[C@@H](OCC3O[C@@H](O[C@@H]4C(CO)O[C@@H](O)C(NC(C)=O)[C@H]4O)C(O)[C@@H](O[C@H]4O[C@@H](CO)[C@@H](O)C(O)C4O[C@@H]4OC(CO)[C@@H](O[C@@H]5OC(CO[C@]6(C(=O)O)C[C@@H](O)[C@@H](NC(C)=O)C([C@H](O)[C@H](O)CO)O6)[C@H](O)[C@H](O)C5O)[C@H](O)C4NC(C)=O)[C@@H]3O)OC(CO)[C@@H](O)[C@@H]2O)OC(CO)[C@@H](O[C@H]2C[C@@H](O)[C@@H](O)C(CO[C@]3(C(=O)O)C[C@@H](O)[C@@H](NC(C)=O)C(CO)([C@H](O)CO)O3)O2)[C@@H]1O. The molecule has 10 rings (SSSR count). The normalized spacial score (nSPS) is 46.2. The van der Waals surface area contributed by atoms with Crippen LogP contribution in [0.2, 0.25) is 0 Å². The van der Waals surface area contributed by atoms with Crippen molar-refractivity contribution in [2.24, 2.45) is 0 Å². The lowest BCUT2D eigenvalue weighted by Crippen LogP contribution is -2.75. The van der Waals surface area contributed by atoms with Gasteiger partial charge in [0.1, 0.15) is 213 Å². The van der Waals surface area contributed by atoms with Gasteiger partial charge in [0.05, 0.1) is 103 Å². The van der Waals surface area contributed by atoms with Crippen LogP contribution < -0.4 is 26.6 Å². The minimum atomic E-state index is -3.13.